The van der Waals surface area contributed by atoms with Crippen molar-refractivity contribution in [2.75, 3.05) is 6.61 Å². The lowest BCUT2D eigenvalue weighted by atomic mass is 9.97. The van der Waals surface area contributed by atoms with Gasteiger partial charge in [-0.2, -0.15) is 0 Å². The third kappa shape index (κ3) is 5.23. The molecule has 1 aromatic rings. The number of ether oxygens (including phenoxy) is 1. The van der Waals surface area contributed by atoms with E-state index in [1.165, 1.54) is 6.42 Å². The van der Waals surface area contributed by atoms with E-state index in [0.29, 0.717) is 17.2 Å². The van der Waals surface area contributed by atoms with E-state index < -0.39 is 0 Å². The fraction of sp³-hybridized carbons (Fsp3) is 0.619. The summed E-state index contributed by atoms with van der Waals surface area (Å²) in [4.78, 5) is 26.6. The van der Waals surface area contributed by atoms with Crippen LogP contribution in [-0.4, -0.2) is 41.4 Å². The first-order valence-electron chi connectivity index (χ1n) is 9.64. The second-order valence-corrected chi connectivity index (χ2v) is 7.75. The first-order valence-corrected chi connectivity index (χ1v) is 9.64. The quantitative estimate of drug-likeness (QED) is 0.843. The summed E-state index contributed by atoms with van der Waals surface area (Å²) in [6, 6.07) is 7.59. The number of nitrogens with one attached hydrogen (secondary N) is 1. The maximum atomic E-state index is 12.5. The van der Waals surface area contributed by atoms with Crippen molar-refractivity contribution in [1.29, 1.82) is 0 Å². The average Bonchev–Trinajstić information content (AvgIpc) is 2.60. The van der Waals surface area contributed by atoms with E-state index in [1.54, 1.807) is 24.3 Å². The normalized spacial score (nSPS) is 21.4. The summed E-state index contributed by atoms with van der Waals surface area (Å²) in [6.07, 6.45) is 3.27. The summed E-state index contributed by atoms with van der Waals surface area (Å²) >= 11 is 0. The second-order valence-electron chi connectivity index (χ2n) is 7.75. The molecule has 1 aliphatic rings. The Hall–Kier alpha value is -2.04. The molecule has 1 saturated heterocycles. The Kier molecular flexibility index (Phi) is 7.06. The minimum absolute atomic E-state index is 0.0253. The predicted molar refractivity (Wildman–Crippen MR) is 103 cm³/mol. The molecule has 0 aromatic heterocycles. The predicted octanol–water partition coefficient (Wildman–Crippen LogP) is 3.63. The molecule has 1 fully saturated rings. The van der Waals surface area contributed by atoms with Crippen molar-refractivity contribution in [3.8, 4) is 5.75 Å². The van der Waals surface area contributed by atoms with Gasteiger partial charge < -0.3 is 15.0 Å². The third-order valence-electron chi connectivity index (χ3n) is 5.32. The topological polar surface area (TPSA) is 58.6 Å². The van der Waals surface area contributed by atoms with Gasteiger partial charge in [0.2, 0.25) is 0 Å². The molecule has 0 radical (unpaired) electrons. The van der Waals surface area contributed by atoms with Crippen LogP contribution in [0.1, 0.15) is 64.2 Å². The first kappa shape index (κ1) is 20.3. The molecule has 0 aliphatic carbocycles. The molecule has 5 heteroatoms. The number of hydrogen-bond acceptors (Lipinski definition) is 3. The number of rotatable bonds is 6. The average molecular weight is 360 g/mol. The van der Waals surface area contributed by atoms with Gasteiger partial charge in [0.05, 0.1) is 0 Å². The molecule has 3 unspecified atom stereocenters. The van der Waals surface area contributed by atoms with Crippen molar-refractivity contribution in [2.45, 2.75) is 72.0 Å². The van der Waals surface area contributed by atoms with Gasteiger partial charge in [0.15, 0.2) is 6.61 Å². The van der Waals surface area contributed by atoms with Crippen molar-refractivity contribution >= 4 is 11.8 Å². The Morgan fingerprint density at radius 1 is 1.12 bits per heavy atom. The highest BCUT2D eigenvalue weighted by atomic mass is 16.5. The molecule has 5 nitrogen and oxygen atoms in total. The van der Waals surface area contributed by atoms with Gasteiger partial charge in [0, 0.05) is 23.7 Å². The van der Waals surface area contributed by atoms with E-state index in [0.717, 1.165) is 12.8 Å². The van der Waals surface area contributed by atoms with Crippen molar-refractivity contribution in [2.24, 2.45) is 5.92 Å². The zero-order valence-electron chi connectivity index (χ0n) is 16.6. The van der Waals surface area contributed by atoms with Crippen molar-refractivity contribution in [3.05, 3.63) is 29.8 Å². The number of benzene rings is 1. The highest BCUT2D eigenvalue weighted by Crippen LogP contribution is 2.23. The van der Waals surface area contributed by atoms with Crippen LogP contribution in [0.3, 0.4) is 0 Å². The van der Waals surface area contributed by atoms with Gasteiger partial charge in [-0.05, 0) is 70.2 Å². The molecule has 144 valence electrons. The molecule has 2 amide bonds. The summed E-state index contributed by atoms with van der Waals surface area (Å²) < 4.78 is 5.65. The lowest BCUT2D eigenvalue weighted by molar-refractivity contribution is -0.139. The number of piperidine rings is 1. The van der Waals surface area contributed by atoms with Gasteiger partial charge >= 0.3 is 0 Å². The van der Waals surface area contributed by atoms with E-state index in [2.05, 4.69) is 33.0 Å². The first-order chi connectivity index (χ1) is 12.3. The fourth-order valence-electron chi connectivity index (χ4n) is 3.29. The molecule has 1 N–H and O–H groups in total. The van der Waals surface area contributed by atoms with Crippen LogP contribution in [0, 0.1) is 5.92 Å². The highest BCUT2D eigenvalue weighted by Gasteiger charge is 2.28. The molecule has 0 bridgehead atoms. The Morgan fingerprint density at radius 3 is 2.23 bits per heavy atom. The van der Waals surface area contributed by atoms with Gasteiger partial charge in [0.1, 0.15) is 5.75 Å². The molecule has 0 saturated carbocycles. The lowest BCUT2D eigenvalue weighted by Crippen LogP contribution is -2.49. The van der Waals surface area contributed by atoms with E-state index in [4.69, 9.17) is 4.74 Å². The molecule has 26 heavy (non-hydrogen) atoms. The summed E-state index contributed by atoms with van der Waals surface area (Å²) in [5, 5.41) is 2.98. The number of nitrogens with zero attached hydrogens (tertiary/aromatic N) is 1. The maximum absolute atomic E-state index is 12.5. The standard InChI is InChI=1S/C21H32N2O3/c1-14(2)17(5)22-21(25)18-9-11-19(12-10-18)26-13-20(24)23-15(3)7-6-8-16(23)4/h9-12,14-17H,6-8,13H2,1-5H3,(H,22,25). The SMILES string of the molecule is CC(C)C(C)NC(=O)c1ccc(OCC(=O)N2C(C)CCCC2C)cc1. The molecule has 1 aliphatic heterocycles. The Morgan fingerprint density at radius 2 is 1.69 bits per heavy atom. The second kappa shape index (κ2) is 9.06. The van der Waals surface area contributed by atoms with E-state index in [-0.39, 0.29) is 36.5 Å². The number of carbonyl (C=O) groups excluding carboxylic acids is 2. The molecular formula is C21H32N2O3. The third-order valence-corrected chi connectivity index (χ3v) is 5.32. The van der Waals surface area contributed by atoms with Crippen molar-refractivity contribution in [1.82, 2.24) is 10.2 Å². The maximum Gasteiger partial charge on any atom is 0.260 e. The monoisotopic (exact) mass is 360 g/mol. The van der Waals surface area contributed by atoms with E-state index in [9.17, 15) is 9.59 Å². The summed E-state index contributed by atoms with van der Waals surface area (Å²) in [6.45, 7) is 10.4. The minimum Gasteiger partial charge on any atom is -0.484 e. The molecule has 0 spiro atoms. The van der Waals surface area contributed by atoms with Gasteiger partial charge in [-0.3, -0.25) is 9.59 Å². The van der Waals surface area contributed by atoms with Crippen LogP contribution in [0.5, 0.6) is 5.75 Å². The van der Waals surface area contributed by atoms with Crippen LogP contribution in [0.2, 0.25) is 0 Å². The zero-order chi connectivity index (χ0) is 19.3. The van der Waals surface area contributed by atoms with Gasteiger partial charge in [-0.1, -0.05) is 13.8 Å². The van der Waals surface area contributed by atoms with Crippen LogP contribution in [0.15, 0.2) is 24.3 Å². The molecule has 1 heterocycles. The zero-order valence-corrected chi connectivity index (χ0v) is 16.6. The Balaban J connectivity index is 1.89. The van der Waals surface area contributed by atoms with Gasteiger partial charge in [0.25, 0.3) is 11.8 Å². The number of amides is 2. The Labute approximate surface area is 157 Å². The number of likely N-dealkylation sites (tertiary alicyclic amines) is 1. The Bertz CT molecular complexity index is 602. The van der Waals surface area contributed by atoms with Crippen LogP contribution >= 0.6 is 0 Å². The number of hydrogen-bond donors (Lipinski definition) is 1. The van der Waals surface area contributed by atoms with E-state index in [1.807, 2.05) is 11.8 Å². The summed E-state index contributed by atoms with van der Waals surface area (Å²) in [5.41, 5.74) is 0.592. The van der Waals surface area contributed by atoms with Crippen LogP contribution < -0.4 is 10.1 Å². The van der Waals surface area contributed by atoms with Crippen LogP contribution in [-0.2, 0) is 4.79 Å². The van der Waals surface area contributed by atoms with Crippen molar-refractivity contribution < 1.29 is 14.3 Å². The largest absolute Gasteiger partial charge is 0.484 e. The van der Waals surface area contributed by atoms with Gasteiger partial charge in [-0.15, -0.1) is 0 Å². The summed E-state index contributed by atoms with van der Waals surface area (Å²) in [5.74, 6) is 0.915. The van der Waals surface area contributed by atoms with Crippen LogP contribution in [0.25, 0.3) is 0 Å². The van der Waals surface area contributed by atoms with Crippen molar-refractivity contribution in [3.63, 3.8) is 0 Å². The lowest BCUT2D eigenvalue weighted by Gasteiger charge is -2.38. The molecule has 1 aromatic carbocycles. The molecule has 2 rings (SSSR count). The van der Waals surface area contributed by atoms with Crippen LogP contribution in [0.4, 0.5) is 0 Å². The molecular weight excluding hydrogens is 328 g/mol. The molecule has 3 atom stereocenters. The number of carbonyl (C=O) groups is 2. The minimum atomic E-state index is -0.0928. The van der Waals surface area contributed by atoms with E-state index >= 15 is 0 Å². The fourth-order valence-corrected chi connectivity index (χ4v) is 3.29. The summed E-state index contributed by atoms with van der Waals surface area (Å²) in [7, 11) is 0. The highest BCUT2D eigenvalue weighted by molar-refractivity contribution is 5.94. The smallest absolute Gasteiger partial charge is 0.260 e. The van der Waals surface area contributed by atoms with Gasteiger partial charge in [-0.25, -0.2) is 0 Å².